The molecule has 3 aromatic carbocycles. The first-order valence-corrected chi connectivity index (χ1v) is 8.95. The van der Waals surface area contributed by atoms with Crippen LogP contribution in [-0.4, -0.2) is 28.4 Å². The number of nitrogens with one attached hydrogen (secondary N) is 2. The maximum absolute atomic E-state index is 11.9. The Labute approximate surface area is 166 Å². The number of anilines is 1. The Balaban J connectivity index is 1.52. The monoisotopic (exact) mass is 393 g/mol. The quantitative estimate of drug-likeness (QED) is 0.338. The van der Waals surface area contributed by atoms with Crippen molar-refractivity contribution in [2.75, 3.05) is 11.9 Å². The average molecular weight is 393 g/mol. The highest BCUT2D eigenvalue weighted by atomic mass is 16.6. The van der Waals surface area contributed by atoms with E-state index in [1.807, 2.05) is 42.5 Å². The zero-order chi connectivity index (χ0) is 20.8. The van der Waals surface area contributed by atoms with Gasteiger partial charge in [-0.3, -0.25) is 19.7 Å². The Morgan fingerprint density at radius 3 is 2.38 bits per heavy atom. The maximum Gasteiger partial charge on any atom is 0.313 e. The van der Waals surface area contributed by atoms with Gasteiger partial charge in [-0.25, -0.2) is 0 Å². The van der Waals surface area contributed by atoms with Crippen LogP contribution in [0, 0.1) is 10.1 Å². The van der Waals surface area contributed by atoms with Gasteiger partial charge in [0.05, 0.1) is 11.0 Å². The van der Waals surface area contributed by atoms with Crippen molar-refractivity contribution in [1.29, 1.82) is 0 Å². The van der Waals surface area contributed by atoms with Crippen molar-refractivity contribution in [2.45, 2.75) is 12.5 Å². The average Bonchev–Trinajstić information content (AvgIpc) is 2.73. The Hall–Kier alpha value is -3.78. The molecule has 0 aromatic heterocycles. The minimum atomic E-state index is -0.890. The third-order valence-corrected chi connectivity index (χ3v) is 4.43. The second kappa shape index (κ2) is 8.94. The minimum Gasteiger partial charge on any atom is -0.388 e. The van der Waals surface area contributed by atoms with E-state index < -0.39 is 22.8 Å². The van der Waals surface area contributed by atoms with Crippen molar-refractivity contribution < 1.29 is 19.6 Å². The van der Waals surface area contributed by atoms with Gasteiger partial charge in [-0.2, -0.15) is 0 Å². The summed E-state index contributed by atoms with van der Waals surface area (Å²) >= 11 is 0. The highest BCUT2D eigenvalue weighted by molar-refractivity contribution is 6.39. The smallest absolute Gasteiger partial charge is 0.313 e. The lowest BCUT2D eigenvalue weighted by molar-refractivity contribution is -0.384. The molecule has 0 saturated heterocycles. The van der Waals surface area contributed by atoms with Crippen molar-refractivity contribution in [3.8, 4) is 0 Å². The maximum atomic E-state index is 11.9. The molecule has 0 bridgehead atoms. The number of aliphatic hydroxyl groups is 1. The Kier molecular flexibility index (Phi) is 6.16. The molecule has 1 unspecified atom stereocenters. The van der Waals surface area contributed by atoms with E-state index in [1.165, 1.54) is 24.3 Å². The number of nitro groups is 1. The fraction of sp³-hybridized carbons (Fsp3) is 0.143. The number of hydrogen-bond donors (Lipinski definition) is 3. The first-order chi connectivity index (χ1) is 14.0. The predicted molar refractivity (Wildman–Crippen MR) is 108 cm³/mol. The molecule has 0 radical (unpaired) electrons. The fourth-order valence-electron chi connectivity index (χ4n) is 2.95. The van der Waals surface area contributed by atoms with Gasteiger partial charge in [0.15, 0.2) is 0 Å². The third kappa shape index (κ3) is 4.94. The van der Waals surface area contributed by atoms with Crippen LogP contribution >= 0.6 is 0 Å². The van der Waals surface area contributed by atoms with E-state index in [1.54, 1.807) is 0 Å². The molecule has 0 heterocycles. The molecule has 0 aliphatic carbocycles. The SMILES string of the molecule is O=C(NCCC(O)c1cccc2ccccc12)C(=O)Nc1ccc([N+](=O)[O-])cc1. The number of rotatable bonds is 6. The summed E-state index contributed by atoms with van der Waals surface area (Å²) < 4.78 is 0. The highest BCUT2D eigenvalue weighted by Crippen LogP contribution is 2.25. The van der Waals surface area contributed by atoms with Crippen LogP contribution in [0.1, 0.15) is 18.1 Å². The van der Waals surface area contributed by atoms with E-state index in [0.717, 1.165) is 16.3 Å². The van der Waals surface area contributed by atoms with Crippen LogP contribution in [0.5, 0.6) is 0 Å². The van der Waals surface area contributed by atoms with Crippen LogP contribution in [-0.2, 0) is 9.59 Å². The molecule has 8 heteroatoms. The van der Waals surface area contributed by atoms with Crippen LogP contribution < -0.4 is 10.6 Å². The summed E-state index contributed by atoms with van der Waals surface area (Å²) in [7, 11) is 0. The molecule has 0 spiro atoms. The van der Waals surface area contributed by atoms with Gasteiger partial charge in [-0.05, 0) is 34.9 Å². The summed E-state index contributed by atoms with van der Waals surface area (Å²) in [5.74, 6) is -1.74. The van der Waals surface area contributed by atoms with Crippen LogP contribution in [0.25, 0.3) is 10.8 Å². The molecule has 0 fully saturated rings. The molecule has 148 valence electrons. The largest absolute Gasteiger partial charge is 0.388 e. The van der Waals surface area contributed by atoms with Crippen molar-refractivity contribution in [3.05, 3.63) is 82.4 Å². The van der Waals surface area contributed by atoms with Gasteiger partial charge in [0, 0.05) is 24.4 Å². The van der Waals surface area contributed by atoms with Crippen molar-refractivity contribution in [2.24, 2.45) is 0 Å². The van der Waals surface area contributed by atoms with Gasteiger partial charge in [-0.15, -0.1) is 0 Å². The van der Waals surface area contributed by atoms with Crippen molar-refractivity contribution >= 4 is 34.0 Å². The number of aliphatic hydroxyl groups excluding tert-OH is 1. The Morgan fingerprint density at radius 1 is 0.966 bits per heavy atom. The number of amides is 2. The fourth-order valence-corrected chi connectivity index (χ4v) is 2.95. The second-order valence-electron chi connectivity index (χ2n) is 6.39. The molecule has 0 aliphatic heterocycles. The number of nitrogens with zero attached hydrogens (tertiary/aromatic N) is 1. The second-order valence-corrected chi connectivity index (χ2v) is 6.39. The van der Waals surface area contributed by atoms with Crippen LogP contribution in [0.4, 0.5) is 11.4 Å². The highest BCUT2D eigenvalue weighted by Gasteiger charge is 2.16. The minimum absolute atomic E-state index is 0.108. The number of carbonyl (C=O) groups excluding carboxylic acids is 2. The Bertz CT molecular complexity index is 1040. The molecule has 0 saturated carbocycles. The molecule has 0 aliphatic rings. The first-order valence-electron chi connectivity index (χ1n) is 8.95. The summed E-state index contributed by atoms with van der Waals surface area (Å²) in [6.07, 6.45) is -0.552. The first kappa shape index (κ1) is 20.0. The summed E-state index contributed by atoms with van der Waals surface area (Å²) in [5.41, 5.74) is 0.911. The summed E-state index contributed by atoms with van der Waals surface area (Å²) in [6.45, 7) is 0.108. The molecule has 29 heavy (non-hydrogen) atoms. The predicted octanol–water partition coefficient (Wildman–Crippen LogP) is 2.93. The van der Waals surface area contributed by atoms with E-state index in [4.69, 9.17) is 0 Å². The molecular weight excluding hydrogens is 374 g/mol. The van der Waals surface area contributed by atoms with Crippen LogP contribution in [0.15, 0.2) is 66.7 Å². The molecule has 3 aromatic rings. The van der Waals surface area contributed by atoms with Gasteiger partial charge < -0.3 is 15.7 Å². The number of nitro benzene ring substituents is 1. The summed E-state index contributed by atoms with van der Waals surface area (Å²) in [5, 5.41) is 27.9. The van der Waals surface area contributed by atoms with E-state index in [2.05, 4.69) is 10.6 Å². The van der Waals surface area contributed by atoms with E-state index in [9.17, 15) is 24.8 Å². The molecule has 2 amide bonds. The zero-order valence-corrected chi connectivity index (χ0v) is 15.4. The van der Waals surface area contributed by atoms with Crippen molar-refractivity contribution in [1.82, 2.24) is 5.32 Å². The van der Waals surface area contributed by atoms with E-state index >= 15 is 0 Å². The van der Waals surface area contributed by atoms with Gasteiger partial charge in [-0.1, -0.05) is 42.5 Å². The molecular formula is C21H19N3O5. The molecule has 3 rings (SSSR count). The normalized spacial score (nSPS) is 11.6. The summed E-state index contributed by atoms with van der Waals surface area (Å²) in [6, 6.07) is 18.5. The van der Waals surface area contributed by atoms with Gasteiger partial charge in [0.2, 0.25) is 0 Å². The molecule has 8 nitrogen and oxygen atoms in total. The lowest BCUT2D eigenvalue weighted by Gasteiger charge is -2.14. The van der Waals surface area contributed by atoms with Gasteiger partial charge in [0.25, 0.3) is 5.69 Å². The van der Waals surface area contributed by atoms with E-state index in [-0.39, 0.29) is 24.3 Å². The topological polar surface area (TPSA) is 122 Å². The number of benzene rings is 3. The van der Waals surface area contributed by atoms with Crippen LogP contribution in [0.3, 0.4) is 0 Å². The number of carbonyl (C=O) groups is 2. The van der Waals surface area contributed by atoms with Crippen molar-refractivity contribution in [3.63, 3.8) is 0 Å². The number of non-ortho nitro benzene ring substituents is 1. The lowest BCUT2D eigenvalue weighted by Crippen LogP contribution is -2.36. The zero-order valence-electron chi connectivity index (χ0n) is 15.4. The standard InChI is InChI=1S/C21H19N3O5/c25-19(18-7-3-5-14-4-1-2-6-17(14)18)12-13-22-20(26)21(27)23-15-8-10-16(11-9-15)24(28)29/h1-11,19,25H,12-13H2,(H,22,26)(H,23,27). The Morgan fingerprint density at radius 2 is 1.66 bits per heavy atom. The van der Waals surface area contributed by atoms with Crippen LogP contribution in [0.2, 0.25) is 0 Å². The van der Waals surface area contributed by atoms with Gasteiger partial charge >= 0.3 is 11.8 Å². The van der Waals surface area contributed by atoms with Gasteiger partial charge in [0.1, 0.15) is 0 Å². The molecule has 1 atom stereocenters. The number of fused-ring (bicyclic) bond motifs is 1. The number of hydrogen-bond acceptors (Lipinski definition) is 5. The summed E-state index contributed by atoms with van der Waals surface area (Å²) in [4.78, 5) is 33.9. The third-order valence-electron chi connectivity index (χ3n) is 4.43. The molecule has 3 N–H and O–H groups in total. The van der Waals surface area contributed by atoms with E-state index in [0.29, 0.717) is 0 Å². The lowest BCUT2D eigenvalue weighted by atomic mass is 9.99.